The summed E-state index contributed by atoms with van der Waals surface area (Å²) in [6.45, 7) is 0. The van der Waals surface area contributed by atoms with E-state index in [0.717, 1.165) is 44.9 Å². The molecule has 0 radical (unpaired) electrons. The molecule has 1 aromatic heterocycles. The van der Waals surface area contributed by atoms with Gasteiger partial charge in [-0.25, -0.2) is 9.97 Å². The summed E-state index contributed by atoms with van der Waals surface area (Å²) in [5, 5.41) is 2.39. The van der Waals surface area contributed by atoms with Crippen LogP contribution in [0.15, 0.2) is 224 Å². The maximum absolute atomic E-state index is 5.21. The smallest absolute Gasteiger partial charge is 0.160 e. The lowest BCUT2D eigenvalue weighted by molar-refractivity contribution is 0.753. The quantitative estimate of drug-likeness (QED) is 0.175. The highest BCUT2D eigenvalue weighted by Gasteiger charge is 2.51. The van der Waals surface area contributed by atoms with E-state index in [-0.39, 0.29) is 0 Å². The molecule has 0 saturated carbocycles. The van der Waals surface area contributed by atoms with Crippen LogP contribution in [0.4, 0.5) is 17.1 Å². The van der Waals surface area contributed by atoms with E-state index >= 15 is 0 Å². The summed E-state index contributed by atoms with van der Waals surface area (Å²) in [6.07, 6.45) is 0. The zero-order valence-electron chi connectivity index (χ0n) is 32.7. The lowest BCUT2D eigenvalue weighted by Crippen LogP contribution is -2.36. The number of hydrogen-bond acceptors (Lipinski definition) is 3. The summed E-state index contributed by atoms with van der Waals surface area (Å²) in [6, 6.07) is 81.1. The summed E-state index contributed by atoms with van der Waals surface area (Å²) in [4.78, 5) is 12.8. The second-order valence-electron chi connectivity index (χ2n) is 15.7. The fourth-order valence-electron chi connectivity index (χ4n) is 9.81. The molecule has 1 aliphatic carbocycles. The highest BCUT2D eigenvalue weighted by Crippen LogP contribution is 2.63. The van der Waals surface area contributed by atoms with Crippen molar-refractivity contribution >= 4 is 27.8 Å². The van der Waals surface area contributed by atoms with Gasteiger partial charge in [0.25, 0.3) is 0 Å². The number of anilines is 3. The number of para-hydroxylation sites is 2. The van der Waals surface area contributed by atoms with Gasteiger partial charge in [0.2, 0.25) is 0 Å². The number of fused-ring (bicyclic) bond motifs is 10. The van der Waals surface area contributed by atoms with Crippen LogP contribution in [0.2, 0.25) is 0 Å². The molecule has 0 unspecified atom stereocenters. The molecule has 3 nitrogen and oxygen atoms in total. The topological polar surface area (TPSA) is 29.0 Å². The first kappa shape index (κ1) is 34.2. The molecule has 0 N–H and O–H groups in total. The third-order valence-corrected chi connectivity index (χ3v) is 12.5. The number of benzene rings is 9. The largest absolute Gasteiger partial charge is 0.310 e. The van der Waals surface area contributed by atoms with Crippen molar-refractivity contribution in [3.8, 4) is 56.2 Å². The molecule has 2 aliphatic rings. The monoisotopic (exact) mass is 763 g/mol. The van der Waals surface area contributed by atoms with Crippen LogP contribution in [0.5, 0.6) is 0 Å². The average Bonchev–Trinajstić information content (AvgIpc) is 3.62. The van der Waals surface area contributed by atoms with Gasteiger partial charge in [-0.3, -0.25) is 0 Å². The van der Waals surface area contributed by atoms with Crippen molar-refractivity contribution in [1.82, 2.24) is 9.97 Å². The number of aromatic nitrogens is 2. The van der Waals surface area contributed by atoms with Crippen LogP contribution in [0.1, 0.15) is 22.3 Å². The Labute approximate surface area is 349 Å². The fraction of sp³-hybridized carbons (Fsp3) is 0.0175. The first-order chi connectivity index (χ1) is 29.7. The van der Waals surface area contributed by atoms with Gasteiger partial charge in [0, 0.05) is 22.4 Å². The Kier molecular flexibility index (Phi) is 7.76. The van der Waals surface area contributed by atoms with Crippen LogP contribution in [0.3, 0.4) is 0 Å². The molecule has 0 fully saturated rings. The normalized spacial score (nSPS) is 13.1. The summed E-state index contributed by atoms with van der Waals surface area (Å²) in [7, 11) is 0. The zero-order chi connectivity index (χ0) is 39.6. The summed E-state index contributed by atoms with van der Waals surface area (Å²) in [5.41, 5.74) is 17.9. The molecule has 0 bridgehead atoms. The van der Waals surface area contributed by atoms with Crippen LogP contribution < -0.4 is 4.90 Å². The van der Waals surface area contributed by atoms with Crippen molar-refractivity contribution in [3.63, 3.8) is 0 Å². The predicted octanol–water partition coefficient (Wildman–Crippen LogP) is 14.4. The van der Waals surface area contributed by atoms with E-state index in [9.17, 15) is 0 Å². The number of nitrogens with zero attached hydrogens (tertiary/aromatic N) is 3. The predicted molar refractivity (Wildman–Crippen MR) is 247 cm³/mol. The second kappa shape index (κ2) is 13.6. The Bertz CT molecular complexity index is 3230. The molecule has 2 heterocycles. The Hall–Kier alpha value is -7.88. The van der Waals surface area contributed by atoms with E-state index in [1.807, 2.05) is 18.2 Å². The van der Waals surface area contributed by atoms with Crippen molar-refractivity contribution in [2.45, 2.75) is 5.41 Å². The standard InChI is InChI=1S/C57H37N3/c1-3-17-39(18-4-1)56-58-52(37-53(59-56)44-31-30-38-16-7-8-19-40(38)34-44)43-21-15-20-41(35-43)42-32-33-51-55(36-42)60(45-22-5-2-6-23-45)54-29-14-13-28-50(54)57(51)48-26-11-9-24-46(48)47-25-10-12-27-49(47)57/h1-37H. The van der Waals surface area contributed by atoms with Crippen LogP contribution in [0.25, 0.3) is 66.9 Å². The summed E-state index contributed by atoms with van der Waals surface area (Å²) in [5.74, 6) is 0.704. The minimum atomic E-state index is -0.487. The molecule has 1 aliphatic heterocycles. The molecule has 10 aromatic rings. The average molecular weight is 764 g/mol. The van der Waals surface area contributed by atoms with E-state index < -0.39 is 5.41 Å². The van der Waals surface area contributed by atoms with Gasteiger partial charge in [0.15, 0.2) is 5.82 Å². The van der Waals surface area contributed by atoms with Crippen molar-refractivity contribution in [3.05, 3.63) is 247 Å². The Morgan fingerprint density at radius 3 is 1.60 bits per heavy atom. The van der Waals surface area contributed by atoms with E-state index in [1.165, 1.54) is 55.5 Å². The highest BCUT2D eigenvalue weighted by atomic mass is 15.2. The van der Waals surface area contributed by atoms with Gasteiger partial charge in [-0.15, -0.1) is 0 Å². The Balaban J connectivity index is 1.05. The molecular weight excluding hydrogens is 727 g/mol. The third kappa shape index (κ3) is 5.23. The van der Waals surface area contributed by atoms with Gasteiger partial charge in [-0.1, -0.05) is 182 Å². The minimum Gasteiger partial charge on any atom is -0.310 e. The molecule has 3 heteroatoms. The lowest BCUT2D eigenvalue weighted by atomic mass is 9.64. The van der Waals surface area contributed by atoms with Crippen LogP contribution in [-0.4, -0.2) is 9.97 Å². The molecule has 280 valence electrons. The number of hydrogen-bond donors (Lipinski definition) is 0. The fourth-order valence-corrected chi connectivity index (χ4v) is 9.81. The first-order valence-corrected chi connectivity index (χ1v) is 20.6. The Morgan fingerprint density at radius 2 is 0.850 bits per heavy atom. The maximum atomic E-state index is 5.21. The van der Waals surface area contributed by atoms with Crippen molar-refractivity contribution in [2.75, 3.05) is 4.90 Å². The van der Waals surface area contributed by atoms with Gasteiger partial charge in [-0.2, -0.15) is 0 Å². The molecule has 9 aromatic carbocycles. The van der Waals surface area contributed by atoms with E-state index in [0.29, 0.717) is 5.82 Å². The van der Waals surface area contributed by atoms with Gasteiger partial charge >= 0.3 is 0 Å². The van der Waals surface area contributed by atoms with Crippen LogP contribution >= 0.6 is 0 Å². The maximum Gasteiger partial charge on any atom is 0.160 e. The highest BCUT2D eigenvalue weighted by molar-refractivity contribution is 5.97. The van der Waals surface area contributed by atoms with E-state index in [2.05, 4.69) is 211 Å². The van der Waals surface area contributed by atoms with Gasteiger partial charge < -0.3 is 4.90 Å². The van der Waals surface area contributed by atoms with Gasteiger partial charge in [-0.05, 0) is 97.7 Å². The van der Waals surface area contributed by atoms with Gasteiger partial charge in [0.1, 0.15) is 0 Å². The molecule has 0 saturated heterocycles. The molecule has 0 amide bonds. The first-order valence-electron chi connectivity index (χ1n) is 20.6. The van der Waals surface area contributed by atoms with E-state index in [1.54, 1.807) is 0 Å². The molecule has 12 rings (SSSR count). The van der Waals surface area contributed by atoms with Crippen molar-refractivity contribution in [1.29, 1.82) is 0 Å². The third-order valence-electron chi connectivity index (χ3n) is 12.5. The summed E-state index contributed by atoms with van der Waals surface area (Å²) < 4.78 is 0. The minimum absolute atomic E-state index is 0.487. The number of rotatable bonds is 5. The molecule has 0 atom stereocenters. The van der Waals surface area contributed by atoms with Crippen molar-refractivity contribution < 1.29 is 0 Å². The van der Waals surface area contributed by atoms with Gasteiger partial charge in [0.05, 0.1) is 28.2 Å². The Morgan fingerprint density at radius 1 is 0.317 bits per heavy atom. The second-order valence-corrected chi connectivity index (χ2v) is 15.7. The molecule has 1 spiro atoms. The van der Waals surface area contributed by atoms with E-state index in [4.69, 9.17) is 9.97 Å². The molecule has 60 heavy (non-hydrogen) atoms. The lowest BCUT2D eigenvalue weighted by Gasteiger charge is -2.45. The van der Waals surface area contributed by atoms with Crippen LogP contribution in [0, 0.1) is 0 Å². The SMILES string of the molecule is c1ccc(-c2nc(-c3cccc(-c4ccc5c(c4)N(c4ccccc4)c4ccccc4C54c5ccccc5-c5ccccc54)c3)cc(-c3ccc4ccccc4c3)n2)cc1. The van der Waals surface area contributed by atoms with Crippen molar-refractivity contribution in [2.24, 2.45) is 0 Å². The molecular formula is C57H37N3. The zero-order valence-corrected chi connectivity index (χ0v) is 32.7. The summed E-state index contributed by atoms with van der Waals surface area (Å²) >= 11 is 0. The van der Waals surface area contributed by atoms with Crippen LogP contribution in [-0.2, 0) is 5.41 Å².